The summed E-state index contributed by atoms with van der Waals surface area (Å²) in [6.07, 6.45) is 2.44. The highest BCUT2D eigenvalue weighted by molar-refractivity contribution is 6.20. The molecule has 0 radical (unpaired) electrons. The molecular formula is C14H21ClN2. The Balaban J connectivity index is 1.86. The Morgan fingerprint density at radius 2 is 2.12 bits per heavy atom. The predicted octanol–water partition coefficient (Wildman–Crippen LogP) is 3.23. The van der Waals surface area contributed by atoms with E-state index in [4.69, 9.17) is 11.6 Å². The average molecular weight is 253 g/mol. The van der Waals surface area contributed by atoms with Crippen molar-refractivity contribution in [1.82, 2.24) is 9.88 Å². The van der Waals surface area contributed by atoms with E-state index in [1.807, 2.05) is 13.0 Å². The highest BCUT2D eigenvalue weighted by atomic mass is 35.5. The van der Waals surface area contributed by atoms with Crippen molar-refractivity contribution in [3.05, 3.63) is 29.6 Å². The summed E-state index contributed by atoms with van der Waals surface area (Å²) in [4.78, 5) is 7.04. The third-order valence-corrected chi connectivity index (χ3v) is 3.97. The second-order valence-corrected chi connectivity index (χ2v) is 5.75. The van der Waals surface area contributed by atoms with Gasteiger partial charge in [0, 0.05) is 17.6 Å². The maximum absolute atomic E-state index is 6.15. The zero-order valence-corrected chi connectivity index (χ0v) is 11.5. The van der Waals surface area contributed by atoms with Gasteiger partial charge in [-0.05, 0) is 57.8 Å². The van der Waals surface area contributed by atoms with Crippen molar-refractivity contribution in [3.8, 4) is 0 Å². The number of rotatable bonds is 3. The smallest absolute Gasteiger partial charge is 0.0547 e. The van der Waals surface area contributed by atoms with Gasteiger partial charge in [0.15, 0.2) is 0 Å². The molecule has 1 saturated heterocycles. The summed E-state index contributed by atoms with van der Waals surface area (Å²) in [5.41, 5.74) is 2.29. The van der Waals surface area contributed by atoms with Crippen LogP contribution in [0, 0.1) is 12.8 Å². The first-order chi connectivity index (χ1) is 8.15. The van der Waals surface area contributed by atoms with Crippen LogP contribution in [-0.4, -0.2) is 28.4 Å². The summed E-state index contributed by atoms with van der Waals surface area (Å²) in [7, 11) is 0. The molecule has 17 heavy (non-hydrogen) atoms. The van der Waals surface area contributed by atoms with Gasteiger partial charge in [0.1, 0.15) is 0 Å². The summed E-state index contributed by atoms with van der Waals surface area (Å²) in [6, 6.07) is 6.25. The molecule has 0 spiro atoms. The number of alkyl halides is 1. The van der Waals surface area contributed by atoms with Crippen molar-refractivity contribution in [2.45, 2.75) is 38.6 Å². The van der Waals surface area contributed by atoms with Gasteiger partial charge < -0.3 is 0 Å². The van der Waals surface area contributed by atoms with Gasteiger partial charge >= 0.3 is 0 Å². The van der Waals surface area contributed by atoms with Crippen LogP contribution in [0.25, 0.3) is 0 Å². The Hall–Kier alpha value is -0.600. The summed E-state index contributed by atoms with van der Waals surface area (Å²) >= 11 is 6.15. The molecule has 0 bridgehead atoms. The number of hydrogen-bond donors (Lipinski definition) is 0. The van der Waals surface area contributed by atoms with E-state index in [2.05, 4.69) is 28.9 Å². The highest BCUT2D eigenvalue weighted by Crippen LogP contribution is 2.24. The van der Waals surface area contributed by atoms with Gasteiger partial charge in [0.05, 0.1) is 5.69 Å². The molecule has 0 saturated carbocycles. The highest BCUT2D eigenvalue weighted by Gasteiger charge is 2.22. The lowest BCUT2D eigenvalue weighted by Crippen LogP contribution is -2.35. The van der Waals surface area contributed by atoms with Crippen LogP contribution in [0.5, 0.6) is 0 Å². The Morgan fingerprint density at radius 3 is 2.71 bits per heavy atom. The van der Waals surface area contributed by atoms with Crippen LogP contribution in [0.1, 0.15) is 31.2 Å². The SMILES string of the molecule is Cc1cccc(CN2CCC(C(C)Cl)CC2)n1. The number of likely N-dealkylation sites (tertiary alicyclic amines) is 1. The van der Waals surface area contributed by atoms with E-state index in [0.29, 0.717) is 11.3 Å². The second-order valence-electron chi connectivity index (χ2n) is 5.06. The minimum absolute atomic E-state index is 0.314. The number of aromatic nitrogens is 1. The van der Waals surface area contributed by atoms with Gasteiger partial charge in [-0.15, -0.1) is 11.6 Å². The van der Waals surface area contributed by atoms with Crippen molar-refractivity contribution in [3.63, 3.8) is 0 Å². The normalized spacial score (nSPS) is 20.4. The third-order valence-electron chi connectivity index (χ3n) is 3.61. The molecule has 2 rings (SSSR count). The molecule has 94 valence electrons. The molecule has 0 aliphatic carbocycles. The molecule has 1 aromatic rings. The Morgan fingerprint density at radius 1 is 1.41 bits per heavy atom. The Labute approximate surface area is 109 Å². The van der Waals surface area contributed by atoms with E-state index in [1.54, 1.807) is 0 Å². The molecule has 1 atom stereocenters. The standard InChI is InChI=1S/C14H21ClN2/c1-11-4-3-5-14(16-11)10-17-8-6-13(7-9-17)12(2)15/h3-5,12-13H,6-10H2,1-2H3. The number of hydrogen-bond acceptors (Lipinski definition) is 2. The van der Waals surface area contributed by atoms with Crippen LogP contribution < -0.4 is 0 Å². The second kappa shape index (κ2) is 5.83. The largest absolute Gasteiger partial charge is 0.297 e. The van der Waals surface area contributed by atoms with E-state index < -0.39 is 0 Å². The number of piperidine rings is 1. The van der Waals surface area contributed by atoms with Crippen LogP contribution >= 0.6 is 11.6 Å². The quantitative estimate of drug-likeness (QED) is 0.768. The molecule has 1 fully saturated rings. The number of pyridine rings is 1. The predicted molar refractivity (Wildman–Crippen MR) is 72.3 cm³/mol. The Bertz CT molecular complexity index is 357. The zero-order valence-electron chi connectivity index (χ0n) is 10.7. The van der Waals surface area contributed by atoms with Crippen LogP contribution in [0.4, 0.5) is 0 Å². The lowest BCUT2D eigenvalue weighted by molar-refractivity contribution is 0.175. The molecule has 0 N–H and O–H groups in total. The zero-order chi connectivity index (χ0) is 12.3. The van der Waals surface area contributed by atoms with Crippen molar-refractivity contribution >= 4 is 11.6 Å². The molecule has 3 heteroatoms. The van der Waals surface area contributed by atoms with Gasteiger partial charge in [-0.1, -0.05) is 6.07 Å². The third kappa shape index (κ3) is 3.68. The maximum atomic E-state index is 6.15. The van der Waals surface area contributed by atoms with Crippen molar-refractivity contribution in [2.24, 2.45) is 5.92 Å². The fourth-order valence-corrected chi connectivity index (χ4v) is 2.74. The fraction of sp³-hybridized carbons (Fsp3) is 0.643. The lowest BCUT2D eigenvalue weighted by Gasteiger charge is -2.32. The molecule has 0 amide bonds. The van der Waals surface area contributed by atoms with E-state index in [-0.39, 0.29) is 0 Å². The lowest BCUT2D eigenvalue weighted by atomic mass is 9.94. The molecular weight excluding hydrogens is 232 g/mol. The molecule has 2 nitrogen and oxygen atoms in total. The van der Waals surface area contributed by atoms with Crippen LogP contribution in [0.15, 0.2) is 18.2 Å². The monoisotopic (exact) mass is 252 g/mol. The van der Waals surface area contributed by atoms with Gasteiger partial charge in [0.25, 0.3) is 0 Å². The van der Waals surface area contributed by atoms with Gasteiger partial charge in [-0.25, -0.2) is 0 Å². The minimum atomic E-state index is 0.314. The number of nitrogens with zero attached hydrogens (tertiary/aromatic N) is 2. The average Bonchev–Trinajstić information content (AvgIpc) is 2.29. The molecule has 1 aliphatic heterocycles. The maximum Gasteiger partial charge on any atom is 0.0547 e. The molecule has 1 aliphatic rings. The summed E-state index contributed by atoms with van der Waals surface area (Å²) in [6.45, 7) is 7.44. The summed E-state index contributed by atoms with van der Waals surface area (Å²) in [5.74, 6) is 0.693. The fourth-order valence-electron chi connectivity index (χ4n) is 2.49. The van der Waals surface area contributed by atoms with Crippen molar-refractivity contribution < 1.29 is 0 Å². The number of aryl methyl sites for hydroxylation is 1. The van der Waals surface area contributed by atoms with Gasteiger partial charge in [0.2, 0.25) is 0 Å². The summed E-state index contributed by atoms with van der Waals surface area (Å²) in [5, 5.41) is 0.314. The first kappa shape index (κ1) is 12.8. The first-order valence-electron chi connectivity index (χ1n) is 6.44. The van der Waals surface area contributed by atoms with Gasteiger partial charge in [-0.2, -0.15) is 0 Å². The van der Waals surface area contributed by atoms with Crippen LogP contribution in [0.3, 0.4) is 0 Å². The molecule has 2 heterocycles. The van der Waals surface area contributed by atoms with E-state index in [1.165, 1.54) is 18.5 Å². The van der Waals surface area contributed by atoms with E-state index in [9.17, 15) is 0 Å². The van der Waals surface area contributed by atoms with Crippen molar-refractivity contribution in [2.75, 3.05) is 13.1 Å². The van der Waals surface area contributed by atoms with Crippen LogP contribution in [-0.2, 0) is 6.54 Å². The summed E-state index contributed by atoms with van der Waals surface area (Å²) < 4.78 is 0. The van der Waals surface area contributed by atoms with Crippen molar-refractivity contribution in [1.29, 1.82) is 0 Å². The minimum Gasteiger partial charge on any atom is -0.297 e. The molecule has 0 aromatic carbocycles. The van der Waals surface area contributed by atoms with E-state index >= 15 is 0 Å². The molecule has 1 aromatic heterocycles. The van der Waals surface area contributed by atoms with Crippen LogP contribution in [0.2, 0.25) is 0 Å². The topological polar surface area (TPSA) is 16.1 Å². The Kier molecular flexibility index (Phi) is 4.41. The van der Waals surface area contributed by atoms with Gasteiger partial charge in [-0.3, -0.25) is 9.88 Å². The number of halogens is 1. The molecule has 1 unspecified atom stereocenters. The first-order valence-corrected chi connectivity index (χ1v) is 6.88. The van der Waals surface area contributed by atoms with E-state index in [0.717, 1.165) is 25.3 Å².